The third-order valence-electron chi connectivity index (χ3n) is 4.38. The maximum absolute atomic E-state index is 13.3. The molecule has 0 saturated carbocycles. The molecule has 0 aromatic heterocycles. The van der Waals surface area contributed by atoms with E-state index < -0.39 is 17.5 Å². The minimum atomic E-state index is -0.817. The van der Waals surface area contributed by atoms with Gasteiger partial charge in [-0.05, 0) is 48.9 Å². The number of benzene rings is 3. The third kappa shape index (κ3) is 5.25. The molecule has 0 radical (unpaired) electrons. The van der Waals surface area contributed by atoms with E-state index >= 15 is 0 Å². The number of rotatable bonds is 6. The quantitative estimate of drug-likeness (QED) is 0.652. The molecule has 0 unspecified atom stereocenters. The Balaban J connectivity index is 1.65. The highest BCUT2D eigenvalue weighted by Gasteiger charge is 2.14. The Kier molecular flexibility index (Phi) is 6.34. The summed E-state index contributed by atoms with van der Waals surface area (Å²) in [7, 11) is 0. The molecule has 0 aliphatic carbocycles. The molecule has 4 nitrogen and oxygen atoms in total. The molecular weight excluding hydrogens is 374 g/mol. The molecule has 0 heterocycles. The van der Waals surface area contributed by atoms with Crippen LogP contribution in [-0.4, -0.2) is 18.4 Å². The van der Waals surface area contributed by atoms with Crippen LogP contribution in [0.15, 0.2) is 72.8 Å². The summed E-state index contributed by atoms with van der Waals surface area (Å²) >= 11 is 0. The molecule has 0 saturated heterocycles. The highest BCUT2D eigenvalue weighted by molar-refractivity contribution is 6.04. The number of hydrogen-bond donors (Lipinski definition) is 1. The van der Waals surface area contributed by atoms with Gasteiger partial charge in [-0.2, -0.15) is 0 Å². The van der Waals surface area contributed by atoms with E-state index in [0.29, 0.717) is 18.3 Å². The van der Waals surface area contributed by atoms with Gasteiger partial charge in [0, 0.05) is 29.5 Å². The Morgan fingerprint density at radius 1 is 0.897 bits per heavy atom. The van der Waals surface area contributed by atoms with Crippen LogP contribution in [0.4, 0.5) is 20.2 Å². The van der Waals surface area contributed by atoms with E-state index in [1.165, 1.54) is 0 Å². The molecule has 3 aromatic rings. The average Bonchev–Trinajstić information content (AvgIpc) is 2.70. The number of halogens is 2. The second kappa shape index (κ2) is 9.10. The van der Waals surface area contributed by atoms with Gasteiger partial charge in [0.2, 0.25) is 5.91 Å². The van der Waals surface area contributed by atoms with Crippen molar-refractivity contribution in [3.8, 4) is 0 Å². The maximum Gasteiger partial charge on any atom is 0.255 e. The predicted molar refractivity (Wildman–Crippen MR) is 109 cm³/mol. The van der Waals surface area contributed by atoms with E-state index in [1.54, 1.807) is 29.2 Å². The lowest BCUT2D eigenvalue weighted by Crippen LogP contribution is -2.31. The number of nitrogens with one attached hydrogen (secondary N) is 1. The Labute approximate surface area is 167 Å². The highest BCUT2D eigenvalue weighted by atomic mass is 19.1. The van der Waals surface area contributed by atoms with Crippen molar-refractivity contribution in [3.63, 3.8) is 0 Å². The zero-order valence-electron chi connectivity index (χ0n) is 15.9. The minimum Gasteiger partial charge on any atom is -0.322 e. The highest BCUT2D eigenvalue weighted by Crippen LogP contribution is 2.17. The Bertz CT molecular complexity index is 985. The number of likely N-dealkylation sites (N-methyl/N-ethyl adjacent to an activating group) is 1. The summed E-state index contributed by atoms with van der Waals surface area (Å²) in [6.07, 6.45) is 0.214. The number of carbonyl (C=O) groups is 2. The van der Waals surface area contributed by atoms with Gasteiger partial charge in [0.15, 0.2) is 0 Å². The van der Waals surface area contributed by atoms with Gasteiger partial charge in [0.1, 0.15) is 11.6 Å². The van der Waals surface area contributed by atoms with Crippen molar-refractivity contribution in [2.45, 2.75) is 13.3 Å². The summed E-state index contributed by atoms with van der Waals surface area (Å²) in [4.78, 5) is 26.5. The molecule has 3 aromatic carbocycles. The van der Waals surface area contributed by atoms with Crippen LogP contribution in [0, 0.1) is 11.6 Å². The molecule has 0 aliphatic heterocycles. The van der Waals surface area contributed by atoms with Gasteiger partial charge < -0.3 is 10.2 Å². The largest absolute Gasteiger partial charge is 0.322 e. The average molecular weight is 394 g/mol. The minimum absolute atomic E-state index is 0.0364. The molecule has 0 fully saturated rings. The first kappa shape index (κ1) is 20.2. The number of nitrogens with zero attached hydrogens (tertiary/aromatic N) is 1. The fraction of sp³-hybridized carbons (Fsp3) is 0.130. The summed E-state index contributed by atoms with van der Waals surface area (Å²) in [6, 6.07) is 18.8. The van der Waals surface area contributed by atoms with Gasteiger partial charge in [-0.1, -0.05) is 30.3 Å². The number of hydrogen-bond acceptors (Lipinski definition) is 2. The first-order valence-electron chi connectivity index (χ1n) is 9.18. The number of carbonyl (C=O) groups excluding carboxylic acids is 2. The van der Waals surface area contributed by atoms with E-state index in [0.717, 1.165) is 23.4 Å². The lowest BCUT2D eigenvalue weighted by molar-refractivity contribution is -0.117. The molecule has 29 heavy (non-hydrogen) atoms. The first-order valence-corrected chi connectivity index (χ1v) is 9.18. The molecule has 6 heteroatoms. The normalized spacial score (nSPS) is 10.4. The van der Waals surface area contributed by atoms with Gasteiger partial charge in [-0.3, -0.25) is 9.59 Å². The van der Waals surface area contributed by atoms with Crippen molar-refractivity contribution in [2.24, 2.45) is 0 Å². The van der Waals surface area contributed by atoms with Crippen molar-refractivity contribution >= 4 is 23.2 Å². The number of anilines is 2. The van der Waals surface area contributed by atoms with Crippen LogP contribution in [0.1, 0.15) is 22.8 Å². The van der Waals surface area contributed by atoms with Crippen molar-refractivity contribution in [1.29, 1.82) is 0 Å². The fourth-order valence-electron chi connectivity index (χ4n) is 2.98. The Morgan fingerprint density at radius 3 is 2.10 bits per heavy atom. The van der Waals surface area contributed by atoms with Crippen LogP contribution < -0.4 is 10.2 Å². The molecular formula is C23H20F2N2O2. The van der Waals surface area contributed by atoms with Crippen molar-refractivity contribution in [2.75, 3.05) is 16.8 Å². The van der Waals surface area contributed by atoms with Crippen molar-refractivity contribution in [1.82, 2.24) is 0 Å². The second-order valence-electron chi connectivity index (χ2n) is 6.46. The van der Waals surface area contributed by atoms with Gasteiger partial charge in [-0.25, -0.2) is 8.78 Å². The van der Waals surface area contributed by atoms with Crippen LogP contribution in [0.2, 0.25) is 0 Å². The van der Waals surface area contributed by atoms with Crippen LogP contribution in [0.25, 0.3) is 0 Å². The first-order chi connectivity index (χ1) is 14.0. The zero-order chi connectivity index (χ0) is 20.8. The third-order valence-corrected chi connectivity index (χ3v) is 4.38. The molecule has 3 rings (SSSR count). The lowest BCUT2D eigenvalue weighted by Gasteiger charge is -2.21. The lowest BCUT2D eigenvalue weighted by atomic mass is 10.1. The van der Waals surface area contributed by atoms with Gasteiger partial charge in [-0.15, -0.1) is 0 Å². The van der Waals surface area contributed by atoms with E-state index in [1.807, 2.05) is 37.3 Å². The summed E-state index contributed by atoms with van der Waals surface area (Å²) in [5.74, 6) is -2.29. The van der Waals surface area contributed by atoms with Crippen LogP contribution in [0.3, 0.4) is 0 Å². The van der Waals surface area contributed by atoms with Crippen molar-refractivity contribution in [3.05, 3.63) is 95.6 Å². The Morgan fingerprint density at radius 2 is 1.52 bits per heavy atom. The molecule has 0 bridgehead atoms. The molecule has 0 spiro atoms. The fourth-order valence-corrected chi connectivity index (χ4v) is 2.98. The molecule has 148 valence electrons. The van der Waals surface area contributed by atoms with Crippen LogP contribution >= 0.6 is 0 Å². The second-order valence-corrected chi connectivity index (χ2v) is 6.46. The van der Waals surface area contributed by atoms with Crippen LogP contribution in [-0.2, 0) is 11.2 Å². The van der Waals surface area contributed by atoms with Gasteiger partial charge in [0.25, 0.3) is 5.91 Å². The summed E-state index contributed by atoms with van der Waals surface area (Å²) in [6.45, 7) is 2.47. The van der Waals surface area contributed by atoms with Crippen LogP contribution in [0.5, 0.6) is 0 Å². The topological polar surface area (TPSA) is 49.4 Å². The monoisotopic (exact) mass is 394 g/mol. The molecule has 0 atom stereocenters. The van der Waals surface area contributed by atoms with Crippen molar-refractivity contribution < 1.29 is 18.4 Å². The molecule has 0 aliphatic rings. The van der Waals surface area contributed by atoms with E-state index in [4.69, 9.17) is 0 Å². The Hall–Kier alpha value is -3.54. The van der Waals surface area contributed by atoms with E-state index in [-0.39, 0.29) is 17.9 Å². The zero-order valence-corrected chi connectivity index (χ0v) is 15.9. The van der Waals surface area contributed by atoms with Gasteiger partial charge >= 0.3 is 0 Å². The molecule has 1 N–H and O–H groups in total. The maximum atomic E-state index is 13.3. The summed E-state index contributed by atoms with van der Waals surface area (Å²) in [5, 5.41) is 2.59. The SMILES string of the molecule is CCN(C(=O)Cc1ccc(NC(=O)c2cc(F)cc(F)c2)cc1)c1ccccc1. The van der Waals surface area contributed by atoms with E-state index in [2.05, 4.69) is 5.32 Å². The van der Waals surface area contributed by atoms with Gasteiger partial charge in [0.05, 0.1) is 6.42 Å². The smallest absolute Gasteiger partial charge is 0.255 e. The predicted octanol–water partition coefficient (Wildman–Crippen LogP) is 4.81. The number of para-hydroxylation sites is 1. The summed E-state index contributed by atoms with van der Waals surface area (Å²) < 4.78 is 26.5. The standard InChI is InChI=1S/C23H20F2N2O2/c1-2-27(21-6-4-3-5-7-21)22(28)12-16-8-10-20(11-9-16)26-23(29)17-13-18(24)15-19(25)14-17/h3-11,13-15H,2,12H2,1H3,(H,26,29). The number of amides is 2. The summed E-state index contributed by atoms with van der Waals surface area (Å²) in [5.41, 5.74) is 1.99. The molecule has 2 amide bonds. The van der Waals surface area contributed by atoms with E-state index in [9.17, 15) is 18.4 Å².